The fourth-order valence-corrected chi connectivity index (χ4v) is 5.51. The average molecular weight is 480 g/mol. The molecular formula is C23H27ClFN3O3S. The molecule has 1 saturated heterocycles. The first-order valence-electron chi connectivity index (χ1n) is 10.9. The predicted octanol–water partition coefficient (Wildman–Crippen LogP) is 4.37. The molecule has 1 N–H and O–H groups in total. The zero-order valence-electron chi connectivity index (χ0n) is 17.9. The molecule has 2 aliphatic rings. The Hall–Kier alpha value is -2.16. The second-order valence-corrected chi connectivity index (χ2v) is 10.5. The molecular weight excluding hydrogens is 453 g/mol. The molecule has 4 rings (SSSR count). The van der Waals surface area contributed by atoms with E-state index < -0.39 is 15.8 Å². The van der Waals surface area contributed by atoms with E-state index in [1.807, 2.05) is 4.90 Å². The van der Waals surface area contributed by atoms with Gasteiger partial charge in [0.1, 0.15) is 5.82 Å². The largest absolute Gasteiger partial charge is 0.333 e. The quantitative estimate of drug-likeness (QED) is 0.640. The van der Waals surface area contributed by atoms with Gasteiger partial charge in [0, 0.05) is 36.4 Å². The standard InChI is InChI=1S/C23H27ClFN3O3S/c1-2-27-13-11-19(12-14-27)28(18-7-8-18)23(29)16-3-5-17(6-4-16)26-32(30,31)20-9-10-22(25)21(24)15-20/h3-6,9-10,15,18-19,26H,2,7-8,11-14H2,1H3. The lowest BCUT2D eigenvalue weighted by atomic mass is 10.0. The number of likely N-dealkylation sites (tertiary alicyclic amines) is 1. The third-order valence-electron chi connectivity index (χ3n) is 6.16. The Kier molecular flexibility index (Phi) is 6.74. The van der Waals surface area contributed by atoms with E-state index in [4.69, 9.17) is 11.6 Å². The van der Waals surface area contributed by atoms with Crippen LogP contribution in [0.4, 0.5) is 10.1 Å². The smallest absolute Gasteiger partial charge is 0.261 e. The van der Waals surface area contributed by atoms with Gasteiger partial charge in [-0.15, -0.1) is 0 Å². The maximum absolute atomic E-state index is 13.3. The second-order valence-electron chi connectivity index (χ2n) is 8.37. The number of piperidine rings is 1. The Morgan fingerprint density at radius 1 is 1.09 bits per heavy atom. The van der Waals surface area contributed by atoms with Crippen LogP contribution in [0.5, 0.6) is 0 Å². The van der Waals surface area contributed by atoms with Crippen LogP contribution in [0.15, 0.2) is 47.4 Å². The van der Waals surface area contributed by atoms with E-state index in [2.05, 4.69) is 16.5 Å². The van der Waals surface area contributed by atoms with Gasteiger partial charge in [-0.3, -0.25) is 9.52 Å². The highest BCUT2D eigenvalue weighted by molar-refractivity contribution is 7.92. The van der Waals surface area contributed by atoms with Crippen molar-refractivity contribution in [1.29, 1.82) is 0 Å². The van der Waals surface area contributed by atoms with E-state index in [1.165, 1.54) is 0 Å². The van der Waals surface area contributed by atoms with Gasteiger partial charge in [-0.05, 0) is 74.7 Å². The Labute approximate surface area is 193 Å². The molecule has 2 fully saturated rings. The normalized spacial score (nSPS) is 17.8. The lowest BCUT2D eigenvalue weighted by molar-refractivity contribution is 0.0554. The third-order valence-corrected chi connectivity index (χ3v) is 7.83. The first-order valence-corrected chi connectivity index (χ1v) is 12.8. The fourth-order valence-electron chi connectivity index (χ4n) is 4.18. The van der Waals surface area contributed by atoms with Gasteiger partial charge in [-0.1, -0.05) is 18.5 Å². The summed E-state index contributed by atoms with van der Waals surface area (Å²) in [6, 6.07) is 10.2. The number of hydrogen-bond acceptors (Lipinski definition) is 4. The highest BCUT2D eigenvalue weighted by atomic mass is 35.5. The molecule has 1 saturated carbocycles. The van der Waals surface area contributed by atoms with E-state index >= 15 is 0 Å². The molecule has 0 atom stereocenters. The van der Waals surface area contributed by atoms with Crippen molar-refractivity contribution in [2.24, 2.45) is 0 Å². The number of carbonyl (C=O) groups excluding carboxylic acids is 1. The minimum Gasteiger partial charge on any atom is -0.333 e. The summed E-state index contributed by atoms with van der Waals surface area (Å²) in [5, 5.41) is -0.265. The number of halogens is 2. The van der Waals surface area contributed by atoms with Crippen LogP contribution in [0.3, 0.4) is 0 Å². The summed E-state index contributed by atoms with van der Waals surface area (Å²) < 4.78 is 40.9. The summed E-state index contributed by atoms with van der Waals surface area (Å²) >= 11 is 5.71. The average Bonchev–Trinajstić information content (AvgIpc) is 3.61. The highest BCUT2D eigenvalue weighted by Crippen LogP contribution is 2.33. The minimum atomic E-state index is -3.93. The lowest BCUT2D eigenvalue weighted by Gasteiger charge is -2.38. The van der Waals surface area contributed by atoms with Crippen molar-refractivity contribution < 1.29 is 17.6 Å². The van der Waals surface area contributed by atoms with Crippen molar-refractivity contribution in [3.63, 3.8) is 0 Å². The molecule has 1 amide bonds. The van der Waals surface area contributed by atoms with Crippen LogP contribution in [0, 0.1) is 5.82 Å². The first kappa shape index (κ1) is 23.0. The summed E-state index contributed by atoms with van der Waals surface area (Å²) in [6.07, 6.45) is 4.04. The van der Waals surface area contributed by atoms with Crippen LogP contribution < -0.4 is 4.72 Å². The molecule has 0 aromatic heterocycles. The van der Waals surface area contributed by atoms with Crippen LogP contribution in [0.2, 0.25) is 5.02 Å². The Morgan fingerprint density at radius 2 is 1.72 bits per heavy atom. The molecule has 6 nitrogen and oxygen atoms in total. The van der Waals surface area contributed by atoms with Crippen molar-refractivity contribution in [2.75, 3.05) is 24.4 Å². The molecule has 172 valence electrons. The van der Waals surface area contributed by atoms with Crippen LogP contribution in [-0.4, -0.2) is 55.8 Å². The van der Waals surface area contributed by atoms with Crippen molar-refractivity contribution >= 4 is 33.2 Å². The Balaban J connectivity index is 1.46. The van der Waals surface area contributed by atoms with Gasteiger partial charge in [0.05, 0.1) is 9.92 Å². The molecule has 1 aliphatic carbocycles. The predicted molar refractivity (Wildman–Crippen MR) is 123 cm³/mol. The Bertz CT molecular complexity index is 1080. The van der Waals surface area contributed by atoms with Gasteiger partial charge in [0.15, 0.2) is 0 Å². The lowest BCUT2D eigenvalue weighted by Crippen LogP contribution is -2.48. The van der Waals surface area contributed by atoms with Crippen LogP contribution in [0.25, 0.3) is 0 Å². The molecule has 1 aliphatic heterocycles. The number of amides is 1. The summed E-state index contributed by atoms with van der Waals surface area (Å²) in [5.41, 5.74) is 0.860. The minimum absolute atomic E-state index is 0.00201. The maximum atomic E-state index is 13.3. The Morgan fingerprint density at radius 3 is 2.28 bits per heavy atom. The van der Waals surface area contributed by atoms with E-state index in [0.717, 1.165) is 63.5 Å². The van der Waals surface area contributed by atoms with Crippen molar-refractivity contribution in [3.8, 4) is 0 Å². The number of nitrogens with zero attached hydrogens (tertiary/aromatic N) is 2. The van der Waals surface area contributed by atoms with Crippen molar-refractivity contribution in [1.82, 2.24) is 9.80 Å². The number of sulfonamides is 1. The molecule has 9 heteroatoms. The van der Waals surface area contributed by atoms with E-state index in [0.29, 0.717) is 17.3 Å². The number of hydrogen-bond donors (Lipinski definition) is 1. The van der Waals surface area contributed by atoms with Crippen LogP contribution in [0.1, 0.15) is 43.0 Å². The van der Waals surface area contributed by atoms with E-state index in [-0.39, 0.29) is 21.9 Å². The summed E-state index contributed by atoms with van der Waals surface area (Å²) in [7, 11) is -3.93. The monoisotopic (exact) mass is 479 g/mol. The number of anilines is 1. The molecule has 2 aromatic rings. The van der Waals surface area contributed by atoms with Gasteiger partial charge in [0.25, 0.3) is 15.9 Å². The van der Waals surface area contributed by atoms with Crippen molar-refractivity contribution in [2.45, 2.75) is 49.6 Å². The number of carbonyl (C=O) groups is 1. The van der Waals surface area contributed by atoms with Crippen molar-refractivity contribution in [3.05, 3.63) is 58.9 Å². The first-order chi connectivity index (χ1) is 15.3. The fraction of sp³-hybridized carbons (Fsp3) is 0.435. The van der Waals surface area contributed by atoms with E-state index in [9.17, 15) is 17.6 Å². The van der Waals surface area contributed by atoms with Gasteiger partial charge in [0.2, 0.25) is 0 Å². The molecule has 0 unspecified atom stereocenters. The second kappa shape index (κ2) is 9.37. The third kappa shape index (κ3) is 5.08. The van der Waals surface area contributed by atoms with Gasteiger partial charge in [-0.25, -0.2) is 12.8 Å². The molecule has 2 aromatic carbocycles. The summed E-state index contributed by atoms with van der Waals surface area (Å²) in [5.74, 6) is -0.684. The van der Waals surface area contributed by atoms with Gasteiger partial charge in [-0.2, -0.15) is 0 Å². The SMILES string of the molecule is CCN1CCC(N(C(=O)c2ccc(NS(=O)(=O)c3ccc(F)c(Cl)c3)cc2)C2CC2)CC1. The molecule has 32 heavy (non-hydrogen) atoms. The molecule has 1 heterocycles. The molecule has 0 bridgehead atoms. The highest BCUT2D eigenvalue weighted by Gasteiger charge is 2.38. The van der Waals surface area contributed by atoms with E-state index in [1.54, 1.807) is 24.3 Å². The number of nitrogens with one attached hydrogen (secondary N) is 1. The topological polar surface area (TPSA) is 69.7 Å². The summed E-state index contributed by atoms with van der Waals surface area (Å²) in [6.45, 7) is 5.20. The number of benzene rings is 2. The van der Waals surface area contributed by atoms with Crippen LogP contribution >= 0.6 is 11.6 Å². The molecule has 0 spiro atoms. The van der Waals surface area contributed by atoms with Gasteiger partial charge >= 0.3 is 0 Å². The zero-order chi connectivity index (χ0) is 22.9. The maximum Gasteiger partial charge on any atom is 0.261 e. The zero-order valence-corrected chi connectivity index (χ0v) is 19.5. The van der Waals surface area contributed by atoms with Gasteiger partial charge < -0.3 is 9.80 Å². The summed E-state index contributed by atoms with van der Waals surface area (Å²) in [4.78, 5) is 17.6. The molecule has 0 radical (unpaired) electrons. The number of rotatable bonds is 7. The van der Waals surface area contributed by atoms with Crippen LogP contribution in [-0.2, 0) is 10.0 Å².